The van der Waals surface area contributed by atoms with Crippen LogP contribution in [-0.2, 0) is 10.3 Å². The number of carbonyl (C=O) groups is 1. The van der Waals surface area contributed by atoms with Crippen molar-refractivity contribution in [3.8, 4) is 0 Å². The van der Waals surface area contributed by atoms with Crippen LogP contribution in [0.25, 0.3) is 0 Å². The van der Waals surface area contributed by atoms with Gasteiger partial charge in [-0.15, -0.1) is 5.10 Å². The Bertz CT molecular complexity index is 621. The first kappa shape index (κ1) is 15.7. The molecular weight excluding hydrogens is 312 g/mol. The minimum atomic E-state index is -0.236. The number of nitrogens with zero attached hydrogens (tertiary/aromatic N) is 5. The summed E-state index contributed by atoms with van der Waals surface area (Å²) in [5.74, 6) is 0.472. The molecule has 9 heteroatoms. The van der Waals surface area contributed by atoms with Crippen LogP contribution in [0.1, 0.15) is 20.8 Å². The van der Waals surface area contributed by atoms with Crippen molar-refractivity contribution in [3.05, 3.63) is 23.4 Å². The van der Waals surface area contributed by atoms with E-state index in [9.17, 15) is 4.79 Å². The third kappa shape index (κ3) is 4.40. The van der Waals surface area contributed by atoms with E-state index in [1.54, 1.807) is 16.8 Å². The number of hydrogen-bond donors (Lipinski definition) is 1. The van der Waals surface area contributed by atoms with Crippen LogP contribution in [0.2, 0.25) is 5.02 Å². The second-order valence-corrected chi connectivity index (χ2v) is 6.62. The lowest BCUT2D eigenvalue weighted by Gasteiger charge is -2.19. The lowest BCUT2D eigenvalue weighted by Crippen LogP contribution is -2.24. The molecule has 2 heterocycles. The molecule has 0 saturated heterocycles. The van der Waals surface area contributed by atoms with Gasteiger partial charge in [-0.05, 0) is 43.3 Å². The molecule has 0 fully saturated rings. The summed E-state index contributed by atoms with van der Waals surface area (Å²) >= 11 is 7.00. The number of tetrazole rings is 1. The van der Waals surface area contributed by atoms with E-state index in [-0.39, 0.29) is 17.2 Å². The predicted molar refractivity (Wildman–Crippen MR) is 81.4 cm³/mol. The Hall–Kier alpha value is -1.67. The van der Waals surface area contributed by atoms with Crippen LogP contribution >= 0.6 is 23.4 Å². The molecule has 2 aromatic heterocycles. The van der Waals surface area contributed by atoms with Crippen molar-refractivity contribution in [1.82, 2.24) is 25.2 Å². The number of thioether (sulfide) groups is 1. The summed E-state index contributed by atoms with van der Waals surface area (Å²) in [4.78, 5) is 15.9. The Labute approximate surface area is 131 Å². The van der Waals surface area contributed by atoms with Crippen molar-refractivity contribution < 1.29 is 4.79 Å². The van der Waals surface area contributed by atoms with Crippen LogP contribution in [0.5, 0.6) is 0 Å². The molecule has 112 valence electrons. The maximum Gasteiger partial charge on any atom is 0.236 e. The average Bonchev–Trinajstić information content (AvgIpc) is 2.87. The summed E-state index contributed by atoms with van der Waals surface area (Å²) in [5.41, 5.74) is -0.236. The molecule has 0 aliphatic carbocycles. The van der Waals surface area contributed by atoms with Crippen LogP contribution < -0.4 is 5.32 Å². The van der Waals surface area contributed by atoms with E-state index >= 15 is 0 Å². The van der Waals surface area contributed by atoms with Crippen molar-refractivity contribution in [2.24, 2.45) is 0 Å². The highest BCUT2D eigenvalue weighted by Crippen LogP contribution is 2.21. The Balaban J connectivity index is 1.93. The first-order chi connectivity index (χ1) is 9.86. The van der Waals surface area contributed by atoms with E-state index in [1.165, 1.54) is 18.0 Å². The highest BCUT2D eigenvalue weighted by molar-refractivity contribution is 7.99. The fourth-order valence-electron chi connectivity index (χ4n) is 1.45. The number of anilines is 1. The Kier molecular flexibility index (Phi) is 4.79. The monoisotopic (exact) mass is 326 g/mol. The number of carbonyl (C=O) groups excluding carboxylic acids is 1. The summed E-state index contributed by atoms with van der Waals surface area (Å²) in [6, 6.07) is 3.31. The van der Waals surface area contributed by atoms with Gasteiger partial charge < -0.3 is 5.32 Å². The van der Waals surface area contributed by atoms with Crippen molar-refractivity contribution in [2.45, 2.75) is 31.5 Å². The highest BCUT2D eigenvalue weighted by atomic mass is 35.5. The second kappa shape index (κ2) is 6.40. The lowest BCUT2D eigenvalue weighted by atomic mass is 10.1. The molecular formula is C12H15ClN6OS. The fraction of sp³-hybridized carbons (Fsp3) is 0.417. The molecule has 2 rings (SSSR count). The molecule has 0 saturated carbocycles. The van der Waals surface area contributed by atoms with Gasteiger partial charge in [-0.2, -0.15) is 0 Å². The summed E-state index contributed by atoms with van der Waals surface area (Å²) in [6.07, 6.45) is 1.48. The van der Waals surface area contributed by atoms with Crippen molar-refractivity contribution in [2.75, 3.05) is 11.1 Å². The molecule has 0 aliphatic heterocycles. The number of halogens is 1. The maximum absolute atomic E-state index is 11.9. The summed E-state index contributed by atoms with van der Waals surface area (Å²) in [7, 11) is 0. The third-order valence-electron chi connectivity index (χ3n) is 2.40. The molecule has 2 aromatic rings. The molecule has 21 heavy (non-hydrogen) atoms. The minimum absolute atomic E-state index is 0.182. The first-order valence-corrected chi connectivity index (χ1v) is 7.56. The van der Waals surface area contributed by atoms with E-state index in [2.05, 4.69) is 25.8 Å². The van der Waals surface area contributed by atoms with Gasteiger partial charge in [0.2, 0.25) is 11.1 Å². The Morgan fingerprint density at radius 1 is 1.43 bits per heavy atom. The molecule has 0 radical (unpaired) electrons. The van der Waals surface area contributed by atoms with E-state index in [0.29, 0.717) is 16.0 Å². The summed E-state index contributed by atoms with van der Waals surface area (Å²) in [5, 5.41) is 15.3. The zero-order chi connectivity index (χ0) is 15.5. The molecule has 0 atom stereocenters. The van der Waals surface area contributed by atoms with Gasteiger partial charge in [-0.3, -0.25) is 4.79 Å². The first-order valence-electron chi connectivity index (χ1n) is 6.19. The van der Waals surface area contributed by atoms with E-state index < -0.39 is 0 Å². The van der Waals surface area contributed by atoms with E-state index in [1.807, 2.05) is 20.8 Å². The number of rotatable bonds is 4. The van der Waals surface area contributed by atoms with Gasteiger partial charge >= 0.3 is 0 Å². The van der Waals surface area contributed by atoms with Crippen molar-refractivity contribution in [1.29, 1.82) is 0 Å². The zero-order valence-electron chi connectivity index (χ0n) is 11.9. The molecule has 1 amide bonds. The van der Waals surface area contributed by atoms with Crippen LogP contribution in [0.15, 0.2) is 23.5 Å². The maximum atomic E-state index is 11.9. The smallest absolute Gasteiger partial charge is 0.236 e. The fourth-order valence-corrected chi connectivity index (χ4v) is 2.42. The standard InChI is InChI=1S/C12H15ClN6OS/c1-12(2,3)19-11(16-17-18-19)21-7-10(20)15-9-5-4-8(13)6-14-9/h4-6H,7H2,1-3H3,(H,14,15,20). The number of hydrogen-bond acceptors (Lipinski definition) is 6. The number of nitrogens with one attached hydrogen (secondary N) is 1. The van der Waals surface area contributed by atoms with Crippen LogP contribution in [0.3, 0.4) is 0 Å². The Morgan fingerprint density at radius 3 is 2.81 bits per heavy atom. The normalized spacial score (nSPS) is 11.4. The molecule has 7 nitrogen and oxygen atoms in total. The quantitative estimate of drug-likeness (QED) is 0.867. The van der Waals surface area contributed by atoms with Gasteiger partial charge in [-0.25, -0.2) is 9.67 Å². The van der Waals surface area contributed by atoms with Crippen LogP contribution in [0.4, 0.5) is 5.82 Å². The van der Waals surface area contributed by atoms with Gasteiger partial charge in [0.05, 0.1) is 16.3 Å². The van der Waals surface area contributed by atoms with Gasteiger partial charge in [0.1, 0.15) is 5.82 Å². The number of pyridine rings is 1. The van der Waals surface area contributed by atoms with Crippen molar-refractivity contribution in [3.63, 3.8) is 0 Å². The van der Waals surface area contributed by atoms with E-state index in [0.717, 1.165) is 0 Å². The molecule has 0 bridgehead atoms. The molecule has 0 unspecified atom stereocenters. The van der Waals surface area contributed by atoms with Gasteiger partial charge in [0.25, 0.3) is 0 Å². The second-order valence-electron chi connectivity index (χ2n) is 5.24. The van der Waals surface area contributed by atoms with Gasteiger partial charge in [0, 0.05) is 6.20 Å². The zero-order valence-corrected chi connectivity index (χ0v) is 13.4. The van der Waals surface area contributed by atoms with Crippen molar-refractivity contribution >= 4 is 35.1 Å². The Morgan fingerprint density at radius 2 is 2.19 bits per heavy atom. The highest BCUT2D eigenvalue weighted by Gasteiger charge is 2.20. The summed E-state index contributed by atoms with van der Waals surface area (Å²) < 4.78 is 1.69. The van der Waals surface area contributed by atoms with Crippen LogP contribution in [-0.4, -0.2) is 36.9 Å². The molecule has 0 aliphatic rings. The molecule has 0 aromatic carbocycles. The molecule has 1 N–H and O–H groups in total. The molecule has 0 spiro atoms. The lowest BCUT2D eigenvalue weighted by molar-refractivity contribution is -0.113. The van der Waals surface area contributed by atoms with E-state index in [4.69, 9.17) is 11.6 Å². The largest absolute Gasteiger partial charge is 0.310 e. The minimum Gasteiger partial charge on any atom is -0.310 e. The number of aromatic nitrogens is 5. The number of amides is 1. The van der Waals surface area contributed by atoms with Gasteiger partial charge in [-0.1, -0.05) is 23.4 Å². The van der Waals surface area contributed by atoms with Gasteiger partial charge in [0.15, 0.2) is 0 Å². The average molecular weight is 327 g/mol. The third-order valence-corrected chi connectivity index (χ3v) is 3.55. The topological polar surface area (TPSA) is 85.6 Å². The SMILES string of the molecule is CC(C)(C)n1nnnc1SCC(=O)Nc1ccc(Cl)cn1. The predicted octanol–water partition coefficient (Wildman–Crippen LogP) is 2.21. The van der Waals surface area contributed by atoms with Crippen LogP contribution in [0, 0.1) is 0 Å². The summed E-state index contributed by atoms with van der Waals surface area (Å²) in [6.45, 7) is 5.97.